The van der Waals surface area contributed by atoms with E-state index in [1.165, 1.54) is 0 Å². The van der Waals surface area contributed by atoms with Gasteiger partial charge in [-0.3, -0.25) is 9.59 Å². The van der Waals surface area contributed by atoms with Gasteiger partial charge in [-0.25, -0.2) is 0 Å². The Bertz CT molecular complexity index is 174. The average molecular weight is 175 g/mol. The summed E-state index contributed by atoms with van der Waals surface area (Å²) in [7, 11) is 0. The molecule has 1 heterocycles. The minimum Gasteiger partial charge on any atom is -0.480 e. The number of nitrogens with two attached hydrogens (primary N) is 1. The molecule has 11 heavy (non-hydrogen) atoms. The maximum Gasteiger partial charge on any atom is 0.316 e. The highest BCUT2D eigenvalue weighted by molar-refractivity contribution is 8.02. The quantitative estimate of drug-likeness (QED) is 0.610. The second-order valence-corrected chi connectivity index (χ2v) is 3.84. The number of primary amides is 1. The maximum atomic E-state index is 10.6. The number of carbonyl (C=O) groups is 2. The van der Waals surface area contributed by atoms with Crippen molar-refractivity contribution in [2.45, 2.75) is 23.3 Å². The van der Waals surface area contributed by atoms with Crippen molar-refractivity contribution in [1.82, 2.24) is 0 Å². The summed E-state index contributed by atoms with van der Waals surface area (Å²) in [5.74, 6) is -1.25. The molecule has 1 saturated heterocycles. The lowest BCUT2D eigenvalue weighted by molar-refractivity contribution is -0.136. The molecule has 62 valence electrons. The molecule has 5 heteroatoms. The van der Waals surface area contributed by atoms with E-state index in [1.54, 1.807) is 0 Å². The van der Waals surface area contributed by atoms with Crippen molar-refractivity contribution < 1.29 is 14.7 Å². The van der Waals surface area contributed by atoms with Gasteiger partial charge in [-0.05, 0) is 12.8 Å². The van der Waals surface area contributed by atoms with E-state index < -0.39 is 17.1 Å². The monoisotopic (exact) mass is 175 g/mol. The molecule has 0 aromatic rings. The lowest BCUT2D eigenvalue weighted by Crippen LogP contribution is -2.23. The first-order valence-electron chi connectivity index (χ1n) is 3.29. The zero-order valence-corrected chi connectivity index (χ0v) is 6.63. The van der Waals surface area contributed by atoms with Crippen LogP contribution in [-0.4, -0.2) is 27.5 Å². The summed E-state index contributed by atoms with van der Waals surface area (Å²) < 4.78 is 0. The molecule has 0 unspecified atom stereocenters. The van der Waals surface area contributed by atoms with Gasteiger partial charge in [0.25, 0.3) is 0 Å². The van der Waals surface area contributed by atoms with E-state index in [2.05, 4.69) is 0 Å². The minimum atomic E-state index is -0.848. The Morgan fingerprint density at radius 3 is 2.18 bits per heavy atom. The molecule has 0 aromatic heterocycles. The average Bonchev–Trinajstić information content (AvgIpc) is 2.33. The first-order chi connectivity index (χ1) is 5.11. The van der Waals surface area contributed by atoms with E-state index in [0.29, 0.717) is 12.8 Å². The highest BCUT2D eigenvalue weighted by atomic mass is 32.2. The van der Waals surface area contributed by atoms with Crippen molar-refractivity contribution in [3.8, 4) is 0 Å². The number of carboxylic acid groups (broad SMARTS) is 1. The Hall–Kier alpha value is -0.710. The van der Waals surface area contributed by atoms with Crippen LogP contribution in [0.3, 0.4) is 0 Å². The molecule has 3 N–H and O–H groups in total. The number of hydrogen-bond donors (Lipinski definition) is 2. The summed E-state index contributed by atoms with van der Waals surface area (Å²) in [5, 5.41) is 7.81. The summed E-state index contributed by atoms with van der Waals surface area (Å²) in [6.45, 7) is 0. The largest absolute Gasteiger partial charge is 0.480 e. The van der Waals surface area contributed by atoms with E-state index in [-0.39, 0.29) is 5.25 Å². The summed E-state index contributed by atoms with van der Waals surface area (Å²) in [5.41, 5.74) is 5.01. The minimum absolute atomic E-state index is 0.295. The fraction of sp³-hybridized carbons (Fsp3) is 0.667. The molecule has 0 aliphatic carbocycles. The lowest BCUT2D eigenvalue weighted by atomic mass is 10.2. The summed E-state index contributed by atoms with van der Waals surface area (Å²) in [6.07, 6.45) is 1.14. The van der Waals surface area contributed by atoms with Crippen molar-refractivity contribution >= 4 is 23.6 Å². The van der Waals surface area contributed by atoms with Crippen LogP contribution in [0.2, 0.25) is 0 Å². The van der Waals surface area contributed by atoms with E-state index >= 15 is 0 Å². The Balaban J connectivity index is 2.47. The van der Waals surface area contributed by atoms with Crippen LogP contribution in [0.5, 0.6) is 0 Å². The van der Waals surface area contributed by atoms with E-state index in [0.717, 1.165) is 11.8 Å². The van der Waals surface area contributed by atoms with Crippen molar-refractivity contribution in [1.29, 1.82) is 0 Å². The third kappa shape index (κ3) is 1.86. The number of rotatable bonds is 2. The second-order valence-electron chi connectivity index (χ2n) is 2.43. The molecule has 0 saturated carbocycles. The molecular weight excluding hydrogens is 166 g/mol. The molecule has 1 rings (SSSR count). The van der Waals surface area contributed by atoms with Gasteiger partial charge in [0.2, 0.25) is 5.91 Å². The molecule has 1 amide bonds. The molecule has 0 bridgehead atoms. The van der Waals surface area contributed by atoms with Crippen LogP contribution >= 0.6 is 11.8 Å². The molecule has 4 nitrogen and oxygen atoms in total. The van der Waals surface area contributed by atoms with Crippen LogP contribution in [0.4, 0.5) is 0 Å². The van der Waals surface area contributed by atoms with Crippen molar-refractivity contribution in [3.05, 3.63) is 0 Å². The van der Waals surface area contributed by atoms with Gasteiger partial charge in [-0.1, -0.05) is 0 Å². The zero-order valence-electron chi connectivity index (χ0n) is 5.82. The predicted molar refractivity (Wildman–Crippen MR) is 41.2 cm³/mol. The highest BCUT2D eigenvalue weighted by Crippen LogP contribution is 2.33. The third-order valence-corrected chi connectivity index (χ3v) is 3.17. The van der Waals surface area contributed by atoms with Gasteiger partial charge in [0.15, 0.2) is 0 Å². The van der Waals surface area contributed by atoms with Gasteiger partial charge in [0, 0.05) is 0 Å². The smallest absolute Gasteiger partial charge is 0.316 e. The van der Waals surface area contributed by atoms with Crippen molar-refractivity contribution in [2.75, 3.05) is 0 Å². The van der Waals surface area contributed by atoms with E-state index in [4.69, 9.17) is 10.8 Å². The number of hydrogen-bond acceptors (Lipinski definition) is 3. The van der Waals surface area contributed by atoms with E-state index in [9.17, 15) is 9.59 Å². The number of thioether (sulfide) groups is 1. The van der Waals surface area contributed by atoms with Crippen molar-refractivity contribution in [3.63, 3.8) is 0 Å². The van der Waals surface area contributed by atoms with Crippen LogP contribution in [-0.2, 0) is 9.59 Å². The van der Waals surface area contributed by atoms with Gasteiger partial charge in [-0.2, -0.15) is 0 Å². The normalized spacial score (nSPS) is 30.2. The third-order valence-electron chi connectivity index (χ3n) is 1.61. The zero-order chi connectivity index (χ0) is 8.43. The van der Waals surface area contributed by atoms with Crippen LogP contribution < -0.4 is 5.73 Å². The second kappa shape index (κ2) is 3.13. The molecule has 0 aromatic carbocycles. The Morgan fingerprint density at radius 2 is 1.91 bits per heavy atom. The molecule has 0 radical (unpaired) electrons. The first kappa shape index (κ1) is 8.39. The Kier molecular flexibility index (Phi) is 2.38. The van der Waals surface area contributed by atoms with Gasteiger partial charge in [0.1, 0.15) is 5.25 Å². The summed E-state index contributed by atoms with van der Waals surface area (Å²) >= 11 is 1.15. The Labute approximate surface area is 68.1 Å². The number of amides is 1. The highest BCUT2D eigenvalue weighted by Gasteiger charge is 2.33. The molecule has 2 atom stereocenters. The van der Waals surface area contributed by atoms with Gasteiger partial charge in [-0.15, -0.1) is 11.8 Å². The summed E-state index contributed by atoms with van der Waals surface area (Å²) in [4.78, 5) is 21.0. The van der Waals surface area contributed by atoms with E-state index in [1.807, 2.05) is 0 Å². The summed E-state index contributed by atoms with van der Waals surface area (Å²) in [6, 6.07) is 0. The van der Waals surface area contributed by atoms with Gasteiger partial charge < -0.3 is 10.8 Å². The van der Waals surface area contributed by atoms with Gasteiger partial charge in [0.05, 0.1) is 5.25 Å². The Morgan fingerprint density at radius 1 is 1.36 bits per heavy atom. The number of carboxylic acids is 1. The van der Waals surface area contributed by atoms with Gasteiger partial charge >= 0.3 is 5.97 Å². The topological polar surface area (TPSA) is 80.4 Å². The number of aliphatic carboxylic acids is 1. The standard InChI is InChI=1S/C6H9NO3S/c7-5(8)3-1-2-4(11-3)6(9)10/h3-4H,1-2H2,(H2,7,8)(H,9,10)/t3-,4+/m0/s1. The fourth-order valence-corrected chi connectivity index (χ4v) is 2.22. The van der Waals surface area contributed by atoms with Crippen molar-refractivity contribution in [2.24, 2.45) is 5.73 Å². The van der Waals surface area contributed by atoms with Crippen LogP contribution in [0.1, 0.15) is 12.8 Å². The van der Waals surface area contributed by atoms with Crippen LogP contribution in [0.15, 0.2) is 0 Å². The lowest BCUT2D eigenvalue weighted by Gasteiger charge is -2.02. The molecular formula is C6H9NO3S. The predicted octanol–water partition coefficient (Wildman–Crippen LogP) is -0.180. The molecule has 1 aliphatic heterocycles. The molecule has 1 aliphatic rings. The van der Waals surface area contributed by atoms with Crippen LogP contribution in [0, 0.1) is 0 Å². The molecule has 0 spiro atoms. The number of carbonyl (C=O) groups excluding carboxylic acids is 1. The fourth-order valence-electron chi connectivity index (χ4n) is 1.03. The SMILES string of the molecule is NC(=O)[C@@H]1CC[C@H](C(=O)O)S1. The molecule has 1 fully saturated rings. The first-order valence-corrected chi connectivity index (χ1v) is 4.23. The van der Waals surface area contributed by atoms with Crippen LogP contribution in [0.25, 0.3) is 0 Å². The maximum absolute atomic E-state index is 10.6.